The number of esters is 1. The molecule has 1 N–H and O–H groups in total. The van der Waals surface area contributed by atoms with Crippen molar-refractivity contribution in [1.82, 2.24) is 5.32 Å². The van der Waals surface area contributed by atoms with Crippen molar-refractivity contribution in [3.05, 3.63) is 106 Å². The molecule has 0 saturated carbocycles. The molecule has 3 aromatic rings. The Bertz CT molecular complexity index is 1260. The number of benzene rings is 3. The van der Waals surface area contributed by atoms with Gasteiger partial charge in [-0.05, 0) is 73.1 Å². The Morgan fingerprint density at radius 1 is 1.14 bits per heavy atom. The van der Waals surface area contributed by atoms with Crippen LogP contribution < -0.4 is 10.1 Å². The van der Waals surface area contributed by atoms with Crippen molar-refractivity contribution in [2.75, 3.05) is 13.7 Å². The molecule has 0 unspecified atom stereocenters. The monoisotopic (exact) mass is 467 g/mol. The summed E-state index contributed by atoms with van der Waals surface area (Å²) in [5.74, 6) is 0.855. The third kappa shape index (κ3) is 4.76. The maximum atomic E-state index is 12.1. The Morgan fingerprint density at radius 3 is 2.83 bits per heavy atom. The number of hydrogen-bond donors (Lipinski definition) is 1. The average molecular weight is 468 g/mol. The summed E-state index contributed by atoms with van der Waals surface area (Å²) in [4.78, 5) is 12.1. The van der Waals surface area contributed by atoms with Crippen molar-refractivity contribution >= 4 is 12.0 Å². The molecule has 0 saturated heterocycles. The molecule has 0 radical (unpaired) electrons. The number of para-hydroxylation sites is 1. The Kier molecular flexibility index (Phi) is 6.74. The first kappa shape index (κ1) is 23.4. The summed E-state index contributed by atoms with van der Waals surface area (Å²) < 4.78 is 11.4. The van der Waals surface area contributed by atoms with Crippen molar-refractivity contribution < 1.29 is 14.3 Å². The number of rotatable bonds is 6. The van der Waals surface area contributed by atoms with Crippen LogP contribution >= 0.6 is 0 Å². The quantitative estimate of drug-likeness (QED) is 0.428. The van der Waals surface area contributed by atoms with Gasteiger partial charge in [0, 0.05) is 24.1 Å². The van der Waals surface area contributed by atoms with Gasteiger partial charge in [0.15, 0.2) is 0 Å². The zero-order valence-corrected chi connectivity index (χ0v) is 20.7. The predicted octanol–water partition coefficient (Wildman–Crippen LogP) is 6.37. The summed E-state index contributed by atoms with van der Waals surface area (Å²) in [5.41, 5.74) is 8.10. The molecule has 1 heterocycles. The van der Waals surface area contributed by atoms with E-state index in [9.17, 15) is 4.79 Å². The molecule has 3 atom stereocenters. The molecule has 0 amide bonds. The van der Waals surface area contributed by atoms with Crippen LogP contribution in [-0.4, -0.2) is 25.7 Å². The molecule has 35 heavy (non-hydrogen) atoms. The van der Waals surface area contributed by atoms with Crippen LogP contribution in [0.1, 0.15) is 75.5 Å². The van der Waals surface area contributed by atoms with Crippen molar-refractivity contribution in [1.29, 1.82) is 0 Å². The van der Waals surface area contributed by atoms with Crippen LogP contribution in [0, 0.1) is 6.92 Å². The number of aryl methyl sites for hydroxylation is 2. The number of carbonyl (C=O) groups is 1. The Hall–Kier alpha value is -3.37. The molecule has 2 aliphatic rings. The summed E-state index contributed by atoms with van der Waals surface area (Å²) in [6.45, 7) is 4.97. The molecule has 180 valence electrons. The summed E-state index contributed by atoms with van der Waals surface area (Å²) in [6, 6.07) is 21.3. The lowest BCUT2D eigenvalue weighted by atomic mass is 9.83. The van der Waals surface area contributed by atoms with Gasteiger partial charge in [-0.25, -0.2) is 4.79 Å². The highest BCUT2D eigenvalue weighted by atomic mass is 16.5. The molecule has 0 fully saturated rings. The van der Waals surface area contributed by atoms with E-state index in [1.54, 1.807) is 0 Å². The van der Waals surface area contributed by atoms with Gasteiger partial charge in [0.2, 0.25) is 0 Å². The van der Waals surface area contributed by atoms with Gasteiger partial charge in [-0.2, -0.15) is 0 Å². The van der Waals surface area contributed by atoms with Crippen LogP contribution in [0.25, 0.3) is 6.08 Å². The Labute approximate surface area is 208 Å². The normalized spacial score (nSPS) is 19.3. The molecule has 4 nitrogen and oxygen atoms in total. The van der Waals surface area contributed by atoms with Gasteiger partial charge in [0.25, 0.3) is 0 Å². The van der Waals surface area contributed by atoms with E-state index in [2.05, 4.69) is 72.9 Å². The molecular weight excluding hydrogens is 434 g/mol. The van der Waals surface area contributed by atoms with Crippen LogP contribution in [0.15, 0.2) is 66.7 Å². The summed E-state index contributed by atoms with van der Waals surface area (Å²) in [7, 11) is 1.42. The number of fused-ring (bicyclic) bond motifs is 2. The number of allylic oxidation sites excluding steroid dienone is 1. The number of carbonyl (C=O) groups excluding carboxylic acids is 1. The third-order valence-electron chi connectivity index (χ3n) is 7.36. The zero-order chi connectivity index (χ0) is 24.4. The largest absolute Gasteiger partial charge is 0.489 e. The summed E-state index contributed by atoms with van der Waals surface area (Å²) in [5, 5.41) is 3.74. The average Bonchev–Trinajstić information content (AvgIpc) is 2.90. The molecule has 0 spiro atoms. The highest BCUT2D eigenvalue weighted by Crippen LogP contribution is 2.41. The first-order chi connectivity index (χ1) is 17.0. The van der Waals surface area contributed by atoms with Gasteiger partial charge in [0.05, 0.1) is 12.7 Å². The highest BCUT2D eigenvalue weighted by molar-refractivity contribution is 5.91. The summed E-state index contributed by atoms with van der Waals surface area (Å²) in [6.07, 6.45) is 7.71. The fraction of sp³-hybridized carbons (Fsp3) is 0.323. The second-order valence-electron chi connectivity index (χ2n) is 9.62. The van der Waals surface area contributed by atoms with Gasteiger partial charge in [-0.3, -0.25) is 0 Å². The molecule has 3 aromatic carbocycles. The highest BCUT2D eigenvalue weighted by Gasteiger charge is 2.30. The SMILES string of the molecule is COC(=O)c1ccc([C@@H]2C[C@H](CN[C@H](C)c3cccc4c3C=CCC4)Oc3ccccc32)cc1C. The van der Waals surface area contributed by atoms with Crippen LogP contribution in [0.5, 0.6) is 5.75 Å². The zero-order valence-electron chi connectivity index (χ0n) is 20.7. The minimum absolute atomic E-state index is 0.0491. The lowest BCUT2D eigenvalue weighted by molar-refractivity contribution is 0.0600. The number of hydrogen-bond acceptors (Lipinski definition) is 4. The van der Waals surface area contributed by atoms with Gasteiger partial charge in [0.1, 0.15) is 11.9 Å². The minimum Gasteiger partial charge on any atom is -0.489 e. The van der Waals surface area contributed by atoms with Gasteiger partial charge in [-0.1, -0.05) is 60.7 Å². The standard InChI is InChI=1S/C31H33NO3/c1-20-17-23(15-16-25(20)31(33)34-3)29-18-24(35-30-14-7-6-12-28(29)30)19-32-21(2)26-13-8-10-22-9-4-5-11-27(22)26/h5-8,10-17,21,24,29,32H,4,9,18-19H2,1-3H3/t21-,24-,29+/m1/s1. The van der Waals surface area contributed by atoms with Gasteiger partial charge in [-0.15, -0.1) is 0 Å². The molecule has 5 rings (SSSR count). The lowest BCUT2D eigenvalue weighted by Crippen LogP contribution is -2.37. The molecule has 1 aliphatic heterocycles. The summed E-state index contributed by atoms with van der Waals surface area (Å²) >= 11 is 0. The molecule has 4 heteroatoms. The van der Waals surface area contributed by atoms with Crippen molar-refractivity contribution in [3.8, 4) is 5.75 Å². The van der Waals surface area contributed by atoms with E-state index in [0.717, 1.165) is 37.1 Å². The molecule has 0 bridgehead atoms. The van der Waals surface area contributed by atoms with E-state index in [1.165, 1.54) is 34.9 Å². The fourth-order valence-electron chi connectivity index (χ4n) is 5.47. The van der Waals surface area contributed by atoms with Crippen molar-refractivity contribution in [2.24, 2.45) is 0 Å². The minimum atomic E-state index is -0.296. The Balaban J connectivity index is 1.35. The first-order valence-electron chi connectivity index (χ1n) is 12.5. The van der Waals surface area contributed by atoms with E-state index in [1.807, 2.05) is 19.1 Å². The molecule has 1 aliphatic carbocycles. The van der Waals surface area contributed by atoms with Crippen LogP contribution in [-0.2, 0) is 11.2 Å². The third-order valence-corrected chi connectivity index (χ3v) is 7.36. The van der Waals surface area contributed by atoms with Crippen molar-refractivity contribution in [2.45, 2.75) is 51.2 Å². The van der Waals surface area contributed by atoms with Gasteiger partial charge < -0.3 is 14.8 Å². The number of methoxy groups -OCH3 is 1. The van der Waals surface area contributed by atoms with Crippen LogP contribution in [0.4, 0.5) is 0 Å². The van der Waals surface area contributed by atoms with Crippen molar-refractivity contribution in [3.63, 3.8) is 0 Å². The lowest BCUT2D eigenvalue weighted by Gasteiger charge is -2.34. The molecule has 0 aromatic heterocycles. The maximum Gasteiger partial charge on any atom is 0.338 e. The topological polar surface area (TPSA) is 47.6 Å². The second kappa shape index (κ2) is 10.1. The number of nitrogens with one attached hydrogen (secondary N) is 1. The molecular formula is C31H33NO3. The number of ether oxygens (including phenoxy) is 2. The smallest absolute Gasteiger partial charge is 0.338 e. The van der Waals surface area contributed by atoms with E-state index < -0.39 is 0 Å². The van der Waals surface area contributed by atoms with Crippen LogP contribution in [0.3, 0.4) is 0 Å². The van der Waals surface area contributed by atoms with Gasteiger partial charge >= 0.3 is 5.97 Å². The predicted molar refractivity (Wildman–Crippen MR) is 140 cm³/mol. The Morgan fingerprint density at radius 2 is 2.00 bits per heavy atom. The van der Waals surface area contributed by atoms with E-state index >= 15 is 0 Å². The van der Waals surface area contributed by atoms with E-state index in [0.29, 0.717) is 5.56 Å². The van der Waals surface area contributed by atoms with E-state index in [4.69, 9.17) is 9.47 Å². The van der Waals surface area contributed by atoms with Crippen LogP contribution in [0.2, 0.25) is 0 Å². The fourth-order valence-corrected chi connectivity index (χ4v) is 5.47. The maximum absolute atomic E-state index is 12.1. The second-order valence-corrected chi connectivity index (χ2v) is 9.62. The van der Waals surface area contributed by atoms with E-state index in [-0.39, 0.29) is 24.0 Å². The first-order valence-corrected chi connectivity index (χ1v) is 12.5.